The van der Waals surface area contributed by atoms with Crippen LogP contribution in [0.5, 0.6) is 5.75 Å². The second-order valence-corrected chi connectivity index (χ2v) is 4.95. The number of rotatable bonds is 5. The minimum Gasteiger partial charge on any atom is -0.490 e. The molecule has 1 aliphatic rings. The van der Waals surface area contributed by atoms with Gasteiger partial charge in [-0.25, -0.2) is 0 Å². The first kappa shape index (κ1) is 14.3. The molecule has 0 saturated carbocycles. The molecule has 2 rings (SSSR count). The summed E-state index contributed by atoms with van der Waals surface area (Å²) in [5.74, 6) is -0.700. The van der Waals surface area contributed by atoms with E-state index in [2.05, 4.69) is 5.32 Å². The second kappa shape index (κ2) is 5.46. The molecule has 0 aliphatic carbocycles. The number of carboxylic acids is 1. The summed E-state index contributed by atoms with van der Waals surface area (Å²) in [7, 11) is 1.36. The van der Waals surface area contributed by atoms with Crippen molar-refractivity contribution >= 4 is 11.7 Å². The van der Waals surface area contributed by atoms with Gasteiger partial charge >= 0.3 is 11.7 Å². The Kier molecular flexibility index (Phi) is 3.89. The molecule has 1 atom stereocenters. The maximum Gasteiger partial charge on any atom is 0.311 e. The van der Waals surface area contributed by atoms with Gasteiger partial charge < -0.3 is 15.2 Å². The summed E-state index contributed by atoms with van der Waals surface area (Å²) < 4.78 is 4.93. The second-order valence-electron chi connectivity index (χ2n) is 4.95. The number of nitro groups is 1. The number of hydrogen-bond acceptors (Lipinski definition) is 5. The molecule has 0 spiro atoms. The predicted molar refractivity (Wildman–Crippen MR) is 70.9 cm³/mol. The van der Waals surface area contributed by atoms with E-state index in [-0.39, 0.29) is 17.9 Å². The molecule has 0 amide bonds. The zero-order valence-corrected chi connectivity index (χ0v) is 11.1. The molecule has 7 nitrogen and oxygen atoms in total. The Morgan fingerprint density at radius 2 is 2.35 bits per heavy atom. The summed E-state index contributed by atoms with van der Waals surface area (Å²) in [4.78, 5) is 21.9. The van der Waals surface area contributed by atoms with Crippen LogP contribution in [0.4, 0.5) is 5.69 Å². The third-order valence-electron chi connectivity index (χ3n) is 3.68. The molecule has 1 aliphatic heterocycles. The summed E-state index contributed by atoms with van der Waals surface area (Å²) in [5.41, 5.74) is -0.400. The summed E-state index contributed by atoms with van der Waals surface area (Å²) >= 11 is 0. The first-order valence-corrected chi connectivity index (χ1v) is 6.24. The monoisotopic (exact) mass is 280 g/mol. The lowest BCUT2D eigenvalue weighted by molar-refractivity contribution is -0.385. The number of carbonyl (C=O) groups is 1. The van der Waals surface area contributed by atoms with Crippen LogP contribution < -0.4 is 10.1 Å². The molecule has 1 heterocycles. The Balaban J connectivity index is 2.31. The van der Waals surface area contributed by atoms with Crippen molar-refractivity contribution in [2.75, 3.05) is 20.2 Å². The number of methoxy groups -OCH3 is 1. The zero-order chi connectivity index (χ0) is 14.8. The van der Waals surface area contributed by atoms with Gasteiger partial charge in [0.05, 0.1) is 17.4 Å². The number of nitro benzene ring substituents is 1. The number of nitrogens with zero attached hydrogens (tertiary/aromatic N) is 1. The Hall–Kier alpha value is -2.15. The minimum atomic E-state index is -0.886. The maximum absolute atomic E-state index is 11.5. The SMILES string of the molecule is COc1ccc(CC2(C(=O)O)CCNC2)cc1[N+](=O)[O-]. The van der Waals surface area contributed by atoms with Crippen molar-refractivity contribution in [2.24, 2.45) is 5.41 Å². The van der Waals surface area contributed by atoms with Gasteiger partial charge in [0.2, 0.25) is 0 Å². The van der Waals surface area contributed by atoms with Crippen LogP contribution in [0.1, 0.15) is 12.0 Å². The van der Waals surface area contributed by atoms with Gasteiger partial charge in [0, 0.05) is 12.6 Å². The molecule has 1 aromatic carbocycles. The van der Waals surface area contributed by atoms with E-state index in [1.54, 1.807) is 6.07 Å². The number of benzene rings is 1. The fraction of sp³-hybridized carbons (Fsp3) is 0.462. The van der Waals surface area contributed by atoms with E-state index < -0.39 is 16.3 Å². The molecule has 0 bridgehead atoms. The molecular weight excluding hydrogens is 264 g/mol. The van der Waals surface area contributed by atoms with Crippen LogP contribution >= 0.6 is 0 Å². The lowest BCUT2D eigenvalue weighted by Crippen LogP contribution is -2.35. The largest absolute Gasteiger partial charge is 0.490 e. The molecule has 1 saturated heterocycles. The fourth-order valence-corrected chi connectivity index (χ4v) is 2.53. The summed E-state index contributed by atoms with van der Waals surface area (Å²) in [6.45, 7) is 1.02. The predicted octanol–water partition coefficient (Wildman–Crippen LogP) is 1.21. The molecule has 1 aromatic rings. The van der Waals surface area contributed by atoms with Crippen LogP contribution in [0, 0.1) is 15.5 Å². The van der Waals surface area contributed by atoms with E-state index in [1.165, 1.54) is 19.2 Å². The van der Waals surface area contributed by atoms with E-state index in [9.17, 15) is 20.0 Å². The van der Waals surface area contributed by atoms with E-state index in [1.807, 2.05) is 0 Å². The highest BCUT2D eigenvalue weighted by Crippen LogP contribution is 2.34. The van der Waals surface area contributed by atoms with Crippen molar-refractivity contribution in [3.05, 3.63) is 33.9 Å². The van der Waals surface area contributed by atoms with Gasteiger partial charge in [0.1, 0.15) is 0 Å². The lowest BCUT2D eigenvalue weighted by Gasteiger charge is -2.22. The number of nitrogens with one attached hydrogen (secondary N) is 1. The van der Waals surface area contributed by atoms with Crippen molar-refractivity contribution in [3.8, 4) is 5.75 Å². The van der Waals surface area contributed by atoms with Gasteiger partial charge in [0.15, 0.2) is 5.75 Å². The van der Waals surface area contributed by atoms with Crippen LogP contribution in [0.2, 0.25) is 0 Å². The first-order valence-electron chi connectivity index (χ1n) is 6.24. The Morgan fingerprint density at radius 3 is 2.85 bits per heavy atom. The number of ether oxygens (including phenoxy) is 1. The van der Waals surface area contributed by atoms with Crippen molar-refractivity contribution in [1.82, 2.24) is 5.32 Å². The molecule has 108 valence electrons. The van der Waals surface area contributed by atoms with E-state index in [0.29, 0.717) is 25.1 Å². The average molecular weight is 280 g/mol. The van der Waals surface area contributed by atoms with E-state index in [4.69, 9.17) is 4.74 Å². The fourth-order valence-electron chi connectivity index (χ4n) is 2.53. The lowest BCUT2D eigenvalue weighted by atomic mass is 9.81. The summed E-state index contributed by atoms with van der Waals surface area (Å²) in [5, 5.41) is 23.4. The molecule has 0 aromatic heterocycles. The van der Waals surface area contributed by atoms with Crippen LogP contribution in [0.15, 0.2) is 18.2 Å². The standard InChI is InChI=1S/C13H16N2O5/c1-20-11-3-2-9(6-10(11)15(18)19)7-13(12(16)17)4-5-14-8-13/h2-3,6,14H,4-5,7-8H2,1H3,(H,16,17). The molecule has 20 heavy (non-hydrogen) atoms. The first-order chi connectivity index (χ1) is 9.48. The Bertz CT molecular complexity index is 538. The normalized spacial score (nSPS) is 21.6. The molecule has 0 radical (unpaired) electrons. The molecule has 2 N–H and O–H groups in total. The van der Waals surface area contributed by atoms with Gasteiger partial charge in [0.25, 0.3) is 0 Å². The van der Waals surface area contributed by atoms with Crippen molar-refractivity contribution in [2.45, 2.75) is 12.8 Å². The zero-order valence-electron chi connectivity index (χ0n) is 11.1. The average Bonchev–Trinajstić information content (AvgIpc) is 2.88. The molecule has 1 unspecified atom stereocenters. The van der Waals surface area contributed by atoms with Gasteiger partial charge in [-0.2, -0.15) is 0 Å². The van der Waals surface area contributed by atoms with Gasteiger partial charge in [-0.3, -0.25) is 14.9 Å². The van der Waals surface area contributed by atoms with Crippen LogP contribution in [0.3, 0.4) is 0 Å². The smallest absolute Gasteiger partial charge is 0.311 e. The van der Waals surface area contributed by atoms with Gasteiger partial charge in [-0.1, -0.05) is 6.07 Å². The quantitative estimate of drug-likeness (QED) is 0.621. The third kappa shape index (κ3) is 2.57. The van der Waals surface area contributed by atoms with Crippen molar-refractivity contribution in [3.63, 3.8) is 0 Å². The van der Waals surface area contributed by atoms with Crippen molar-refractivity contribution < 1.29 is 19.6 Å². The molecule has 7 heteroatoms. The van der Waals surface area contributed by atoms with Gasteiger partial charge in [-0.05, 0) is 31.0 Å². The maximum atomic E-state index is 11.5. The van der Waals surface area contributed by atoms with Crippen molar-refractivity contribution in [1.29, 1.82) is 0 Å². The van der Waals surface area contributed by atoms with E-state index >= 15 is 0 Å². The van der Waals surface area contributed by atoms with E-state index in [0.717, 1.165) is 0 Å². The number of hydrogen-bond donors (Lipinski definition) is 2. The summed E-state index contributed by atoms with van der Waals surface area (Å²) in [6.07, 6.45) is 0.780. The highest BCUT2D eigenvalue weighted by atomic mass is 16.6. The van der Waals surface area contributed by atoms with Crippen LogP contribution in [0.25, 0.3) is 0 Å². The number of aliphatic carboxylic acids is 1. The highest BCUT2D eigenvalue weighted by Gasteiger charge is 2.41. The topological polar surface area (TPSA) is 102 Å². The minimum absolute atomic E-state index is 0.142. The summed E-state index contributed by atoms with van der Waals surface area (Å²) in [6, 6.07) is 4.57. The van der Waals surface area contributed by atoms with Crippen LogP contribution in [-0.2, 0) is 11.2 Å². The highest BCUT2D eigenvalue weighted by molar-refractivity contribution is 5.76. The van der Waals surface area contributed by atoms with Crippen LogP contribution in [-0.4, -0.2) is 36.2 Å². The third-order valence-corrected chi connectivity index (χ3v) is 3.68. The van der Waals surface area contributed by atoms with Gasteiger partial charge in [-0.15, -0.1) is 0 Å². The Morgan fingerprint density at radius 1 is 1.60 bits per heavy atom. The molecular formula is C13H16N2O5. The Labute approximate surface area is 115 Å². The molecule has 1 fully saturated rings. The number of carboxylic acid groups (broad SMARTS) is 1.